The Balaban J connectivity index is 2.01. The maximum absolute atomic E-state index is 12.9. The first kappa shape index (κ1) is 14.5. The normalized spacial score (nSPS) is 17.7. The molecule has 106 valence electrons. The van der Waals surface area contributed by atoms with Crippen molar-refractivity contribution in [3.8, 4) is 6.07 Å². The van der Waals surface area contributed by atoms with E-state index >= 15 is 0 Å². The standard InChI is InChI=1S/C16H19FN2O/c1-12(13-4-6-14(17)7-5-13)10-15(20)19(2)16(11-18)8-3-9-16/h4-7,12H,3,8-10H2,1-2H3. The van der Waals surface area contributed by atoms with Crippen LogP contribution in [0.1, 0.15) is 44.1 Å². The molecule has 0 aliphatic heterocycles. The monoisotopic (exact) mass is 274 g/mol. The number of nitrogens with zero attached hydrogens (tertiary/aromatic N) is 2. The number of halogens is 1. The maximum atomic E-state index is 12.9. The fourth-order valence-corrected chi connectivity index (χ4v) is 2.58. The molecular weight excluding hydrogens is 255 g/mol. The van der Waals surface area contributed by atoms with E-state index in [1.807, 2.05) is 6.92 Å². The zero-order chi connectivity index (χ0) is 14.8. The molecule has 0 N–H and O–H groups in total. The highest BCUT2D eigenvalue weighted by Gasteiger charge is 2.43. The van der Waals surface area contributed by atoms with Crippen molar-refractivity contribution in [2.24, 2.45) is 0 Å². The summed E-state index contributed by atoms with van der Waals surface area (Å²) >= 11 is 0. The molecule has 3 nitrogen and oxygen atoms in total. The fraction of sp³-hybridized carbons (Fsp3) is 0.500. The summed E-state index contributed by atoms with van der Waals surface area (Å²) in [5, 5.41) is 9.25. The van der Waals surface area contributed by atoms with Crippen molar-refractivity contribution in [3.05, 3.63) is 35.6 Å². The Morgan fingerprint density at radius 1 is 1.45 bits per heavy atom. The third kappa shape index (κ3) is 2.67. The fourth-order valence-electron chi connectivity index (χ4n) is 2.58. The minimum atomic E-state index is -0.598. The molecule has 0 heterocycles. The van der Waals surface area contributed by atoms with E-state index in [2.05, 4.69) is 6.07 Å². The minimum Gasteiger partial charge on any atom is -0.327 e. The van der Waals surface area contributed by atoms with Gasteiger partial charge in [-0.2, -0.15) is 5.26 Å². The highest BCUT2D eigenvalue weighted by Crippen LogP contribution is 2.37. The van der Waals surface area contributed by atoms with Crippen LogP contribution < -0.4 is 0 Å². The van der Waals surface area contributed by atoms with Crippen molar-refractivity contribution < 1.29 is 9.18 Å². The van der Waals surface area contributed by atoms with Crippen molar-refractivity contribution in [3.63, 3.8) is 0 Å². The predicted molar refractivity (Wildman–Crippen MR) is 74.4 cm³/mol. The van der Waals surface area contributed by atoms with E-state index in [-0.39, 0.29) is 17.6 Å². The predicted octanol–water partition coefficient (Wildman–Crippen LogP) is 3.22. The molecule has 0 radical (unpaired) electrons. The third-order valence-electron chi connectivity index (χ3n) is 4.32. The number of nitriles is 1. The second-order valence-electron chi connectivity index (χ2n) is 5.61. The third-order valence-corrected chi connectivity index (χ3v) is 4.32. The molecule has 1 atom stereocenters. The molecule has 1 aromatic carbocycles. The summed E-state index contributed by atoms with van der Waals surface area (Å²) in [6.45, 7) is 1.94. The molecule has 1 aromatic rings. The summed E-state index contributed by atoms with van der Waals surface area (Å²) in [7, 11) is 1.71. The van der Waals surface area contributed by atoms with Gasteiger partial charge in [-0.1, -0.05) is 19.1 Å². The van der Waals surface area contributed by atoms with E-state index in [1.54, 1.807) is 24.1 Å². The van der Waals surface area contributed by atoms with Gasteiger partial charge in [-0.05, 0) is 42.9 Å². The van der Waals surface area contributed by atoms with Crippen molar-refractivity contribution >= 4 is 5.91 Å². The van der Waals surface area contributed by atoms with Crippen LogP contribution in [0.2, 0.25) is 0 Å². The number of benzene rings is 1. The molecule has 0 bridgehead atoms. The summed E-state index contributed by atoms with van der Waals surface area (Å²) in [6.07, 6.45) is 2.86. The van der Waals surface area contributed by atoms with Gasteiger partial charge < -0.3 is 4.90 Å². The van der Waals surface area contributed by atoms with Crippen LogP contribution in [-0.4, -0.2) is 23.4 Å². The number of hydrogen-bond acceptors (Lipinski definition) is 2. The molecule has 1 aliphatic carbocycles. The summed E-state index contributed by atoms with van der Waals surface area (Å²) in [4.78, 5) is 13.9. The Labute approximate surface area is 119 Å². The Morgan fingerprint density at radius 2 is 2.05 bits per heavy atom. The number of rotatable bonds is 4. The summed E-state index contributed by atoms with van der Waals surface area (Å²) in [5.74, 6) is -0.285. The van der Waals surface area contributed by atoms with E-state index < -0.39 is 5.54 Å². The van der Waals surface area contributed by atoms with Gasteiger partial charge >= 0.3 is 0 Å². The Bertz CT molecular complexity index is 528. The molecule has 0 saturated heterocycles. The minimum absolute atomic E-state index is 0.0152. The molecule has 2 rings (SSSR count). The van der Waals surface area contributed by atoms with Gasteiger partial charge in [-0.3, -0.25) is 4.79 Å². The van der Waals surface area contributed by atoms with Gasteiger partial charge in [0.2, 0.25) is 5.91 Å². The van der Waals surface area contributed by atoms with E-state index in [1.165, 1.54) is 12.1 Å². The van der Waals surface area contributed by atoms with Crippen molar-refractivity contribution in [1.29, 1.82) is 5.26 Å². The van der Waals surface area contributed by atoms with Gasteiger partial charge in [0.25, 0.3) is 0 Å². The lowest BCUT2D eigenvalue weighted by Crippen LogP contribution is -2.53. The molecule has 1 unspecified atom stereocenters. The lowest BCUT2D eigenvalue weighted by atomic mass is 9.76. The van der Waals surface area contributed by atoms with Crippen LogP contribution in [0.3, 0.4) is 0 Å². The number of hydrogen-bond donors (Lipinski definition) is 0. The van der Waals surface area contributed by atoms with E-state index in [0.29, 0.717) is 6.42 Å². The molecule has 1 saturated carbocycles. The summed E-state index contributed by atoms with van der Waals surface area (Å²) in [6, 6.07) is 8.49. The molecule has 1 fully saturated rings. The van der Waals surface area contributed by atoms with Gasteiger partial charge in [0.15, 0.2) is 0 Å². The van der Waals surface area contributed by atoms with E-state index in [0.717, 1.165) is 24.8 Å². The number of carbonyl (C=O) groups is 1. The van der Waals surface area contributed by atoms with Gasteiger partial charge in [-0.25, -0.2) is 4.39 Å². The zero-order valence-corrected chi connectivity index (χ0v) is 11.9. The van der Waals surface area contributed by atoms with Gasteiger partial charge in [0.05, 0.1) is 6.07 Å². The maximum Gasteiger partial charge on any atom is 0.224 e. The van der Waals surface area contributed by atoms with Crippen molar-refractivity contribution in [2.75, 3.05) is 7.05 Å². The van der Waals surface area contributed by atoms with Crippen LogP contribution in [0.25, 0.3) is 0 Å². The number of carbonyl (C=O) groups excluding carboxylic acids is 1. The summed E-state index contributed by atoms with van der Waals surface area (Å²) < 4.78 is 12.9. The van der Waals surface area contributed by atoms with Gasteiger partial charge in [0.1, 0.15) is 11.4 Å². The lowest BCUT2D eigenvalue weighted by Gasteiger charge is -2.43. The second-order valence-corrected chi connectivity index (χ2v) is 5.61. The van der Waals surface area contributed by atoms with Crippen LogP contribution in [0.15, 0.2) is 24.3 Å². The van der Waals surface area contributed by atoms with Gasteiger partial charge in [0, 0.05) is 13.5 Å². The quantitative estimate of drug-likeness (QED) is 0.846. The molecule has 1 aliphatic rings. The zero-order valence-electron chi connectivity index (χ0n) is 11.9. The number of amides is 1. The van der Waals surface area contributed by atoms with Crippen molar-refractivity contribution in [2.45, 2.75) is 44.1 Å². The topological polar surface area (TPSA) is 44.1 Å². The first-order chi connectivity index (χ1) is 9.48. The van der Waals surface area contributed by atoms with Crippen LogP contribution in [-0.2, 0) is 4.79 Å². The first-order valence-corrected chi connectivity index (χ1v) is 6.92. The highest BCUT2D eigenvalue weighted by atomic mass is 19.1. The van der Waals surface area contributed by atoms with Gasteiger partial charge in [-0.15, -0.1) is 0 Å². The average molecular weight is 274 g/mol. The van der Waals surface area contributed by atoms with E-state index in [4.69, 9.17) is 0 Å². The Kier molecular flexibility index (Phi) is 4.08. The average Bonchev–Trinajstić information content (AvgIpc) is 2.38. The molecule has 0 aromatic heterocycles. The summed E-state index contributed by atoms with van der Waals surface area (Å²) in [5.41, 5.74) is 0.340. The van der Waals surface area contributed by atoms with Crippen LogP contribution >= 0.6 is 0 Å². The highest BCUT2D eigenvalue weighted by molar-refractivity contribution is 5.78. The first-order valence-electron chi connectivity index (χ1n) is 6.92. The second kappa shape index (κ2) is 5.62. The van der Waals surface area contributed by atoms with Crippen molar-refractivity contribution in [1.82, 2.24) is 4.90 Å². The van der Waals surface area contributed by atoms with Crippen LogP contribution in [0, 0.1) is 17.1 Å². The lowest BCUT2D eigenvalue weighted by molar-refractivity contribution is -0.136. The molecular formula is C16H19FN2O. The van der Waals surface area contributed by atoms with Crippen LogP contribution in [0.5, 0.6) is 0 Å². The SMILES string of the molecule is CC(CC(=O)N(C)C1(C#N)CCC1)c1ccc(F)cc1. The molecule has 0 spiro atoms. The molecule has 20 heavy (non-hydrogen) atoms. The van der Waals surface area contributed by atoms with Crippen LogP contribution in [0.4, 0.5) is 4.39 Å². The molecule has 4 heteroatoms. The Hall–Kier alpha value is -1.89. The Morgan fingerprint density at radius 3 is 2.50 bits per heavy atom. The molecule has 1 amide bonds. The largest absolute Gasteiger partial charge is 0.327 e. The van der Waals surface area contributed by atoms with E-state index in [9.17, 15) is 14.4 Å². The smallest absolute Gasteiger partial charge is 0.224 e.